The van der Waals surface area contributed by atoms with Gasteiger partial charge in [-0.3, -0.25) is 19.2 Å². The summed E-state index contributed by atoms with van der Waals surface area (Å²) >= 11 is 3.87. The summed E-state index contributed by atoms with van der Waals surface area (Å²) in [6.07, 6.45) is -0.235. The summed E-state index contributed by atoms with van der Waals surface area (Å²) in [4.78, 5) is 43.7. The van der Waals surface area contributed by atoms with E-state index in [2.05, 4.69) is 23.3 Å². The predicted octanol–water partition coefficient (Wildman–Crippen LogP) is -1.18. The van der Waals surface area contributed by atoms with Gasteiger partial charge in [-0.1, -0.05) is 13.8 Å². The van der Waals surface area contributed by atoms with Gasteiger partial charge in [0.25, 0.3) is 0 Å². The molecule has 0 bridgehead atoms. The van der Waals surface area contributed by atoms with Gasteiger partial charge in [-0.15, -0.1) is 0 Å². The molecular weight excluding hydrogens is 314 g/mol. The Morgan fingerprint density at radius 2 is 1.73 bits per heavy atom. The predicted molar refractivity (Wildman–Crippen MR) is 82.6 cm³/mol. The van der Waals surface area contributed by atoms with Crippen LogP contribution in [0, 0.1) is 0 Å². The zero-order valence-electron chi connectivity index (χ0n) is 12.5. The number of carboxylic acids is 2. The van der Waals surface area contributed by atoms with Crippen molar-refractivity contribution in [3.63, 3.8) is 0 Å². The number of carbonyl (C=O) groups excluding carboxylic acids is 2. The van der Waals surface area contributed by atoms with Gasteiger partial charge in [0, 0.05) is 12.2 Å². The number of thiol groups is 1. The summed E-state index contributed by atoms with van der Waals surface area (Å²) in [5.74, 6) is -3.70. The molecule has 0 spiro atoms. The van der Waals surface area contributed by atoms with Crippen molar-refractivity contribution in [3.05, 3.63) is 0 Å². The third-order valence-corrected chi connectivity index (χ3v) is 2.61. The standard InChI is InChI=1S/C10H17N3O6S.C2H6/c11-5(10(18)19)1-2-7(14)13-6(4-20)9(17)12-3-8(15)16;1-2/h5-6,20H,1-4,11H2,(H,12,17)(H,13,14)(H,15,16)(H,18,19);1-2H3. The monoisotopic (exact) mass is 337 g/mol. The Morgan fingerprint density at radius 1 is 1.18 bits per heavy atom. The minimum atomic E-state index is -1.22. The summed E-state index contributed by atoms with van der Waals surface area (Å²) in [6, 6.07) is -2.15. The molecule has 2 unspecified atom stereocenters. The van der Waals surface area contributed by atoms with Gasteiger partial charge in [0.2, 0.25) is 11.8 Å². The fraction of sp³-hybridized carbons (Fsp3) is 0.667. The van der Waals surface area contributed by atoms with Gasteiger partial charge < -0.3 is 26.6 Å². The lowest BCUT2D eigenvalue weighted by Crippen LogP contribution is -2.49. The minimum absolute atomic E-state index is 0.0256. The van der Waals surface area contributed by atoms with Crippen molar-refractivity contribution in [1.29, 1.82) is 0 Å². The van der Waals surface area contributed by atoms with Crippen molar-refractivity contribution in [1.82, 2.24) is 10.6 Å². The van der Waals surface area contributed by atoms with Crippen LogP contribution in [0.25, 0.3) is 0 Å². The highest BCUT2D eigenvalue weighted by molar-refractivity contribution is 7.80. The molecule has 0 saturated carbocycles. The van der Waals surface area contributed by atoms with E-state index in [9.17, 15) is 19.2 Å². The molecule has 0 radical (unpaired) electrons. The van der Waals surface area contributed by atoms with E-state index in [0.29, 0.717) is 0 Å². The second-order valence-electron chi connectivity index (χ2n) is 3.90. The van der Waals surface area contributed by atoms with Crippen LogP contribution in [0.3, 0.4) is 0 Å². The molecule has 0 aromatic carbocycles. The molecule has 0 aliphatic carbocycles. The SMILES string of the molecule is CC.NC(CCC(=O)NC(CS)C(=O)NCC(=O)O)C(=O)O. The number of hydrogen-bond donors (Lipinski definition) is 6. The van der Waals surface area contributed by atoms with E-state index in [0.717, 1.165) is 0 Å². The number of carbonyl (C=O) groups is 4. The molecule has 0 rings (SSSR count). The van der Waals surface area contributed by atoms with Crippen LogP contribution in [0.15, 0.2) is 0 Å². The molecule has 2 amide bonds. The van der Waals surface area contributed by atoms with Gasteiger partial charge in [0.15, 0.2) is 0 Å². The first-order valence-electron chi connectivity index (χ1n) is 6.66. The van der Waals surface area contributed by atoms with Crippen LogP contribution in [0.1, 0.15) is 26.7 Å². The molecule has 128 valence electrons. The zero-order chi connectivity index (χ0) is 17.7. The van der Waals surface area contributed by atoms with Crippen molar-refractivity contribution < 1.29 is 29.4 Å². The molecule has 0 saturated heterocycles. The quantitative estimate of drug-likeness (QED) is 0.289. The number of carboxylic acid groups (broad SMARTS) is 2. The molecule has 9 nitrogen and oxygen atoms in total. The first kappa shape index (κ1) is 22.5. The maximum atomic E-state index is 11.5. The Bertz CT molecular complexity index is 391. The van der Waals surface area contributed by atoms with Crippen molar-refractivity contribution in [3.8, 4) is 0 Å². The van der Waals surface area contributed by atoms with E-state index < -0.39 is 42.4 Å². The summed E-state index contributed by atoms with van der Waals surface area (Å²) in [7, 11) is 0. The number of aliphatic carboxylic acids is 2. The third kappa shape index (κ3) is 10.9. The van der Waals surface area contributed by atoms with Crippen molar-refractivity contribution >= 4 is 36.4 Å². The largest absolute Gasteiger partial charge is 0.480 e. The maximum Gasteiger partial charge on any atom is 0.322 e. The molecule has 0 aromatic rings. The van der Waals surface area contributed by atoms with Crippen LogP contribution in [0.4, 0.5) is 0 Å². The highest BCUT2D eigenvalue weighted by atomic mass is 32.1. The van der Waals surface area contributed by atoms with Crippen molar-refractivity contribution in [2.24, 2.45) is 5.73 Å². The summed E-state index contributed by atoms with van der Waals surface area (Å²) in [5, 5.41) is 21.4. The van der Waals surface area contributed by atoms with Crippen LogP contribution in [0.5, 0.6) is 0 Å². The fourth-order valence-corrected chi connectivity index (χ4v) is 1.41. The summed E-state index contributed by atoms with van der Waals surface area (Å²) in [6.45, 7) is 3.43. The van der Waals surface area contributed by atoms with Crippen LogP contribution < -0.4 is 16.4 Å². The Morgan fingerprint density at radius 3 is 2.14 bits per heavy atom. The number of hydrogen-bond acceptors (Lipinski definition) is 6. The van der Waals surface area contributed by atoms with Gasteiger partial charge in [-0.25, -0.2) is 0 Å². The van der Waals surface area contributed by atoms with E-state index >= 15 is 0 Å². The maximum absolute atomic E-state index is 11.5. The lowest BCUT2D eigenvalue weighted by atomic mass is 10.1. The number of nitrogens with one attached hydrogen (secondary N) is 2. The van der Waals surface area contributed by atoms with Gasteiger partial charge >= 0.3 is 11.9 Å². The molecule has 0 fully saturated rings. The third-order valence-electron chi connectivity index (χ3n) is 2.25. The second kappa shape index (κ2) is 12.9. The second-order valence-corrected chi connectivity index (χ2v) is 4.26. The molecule has 6 N–H and O–H groups in total. The summed E-state index contributed by atoms with van der Waals surface area (Å²) < 4.78 is 0. The van der Waals surface area contributed by atoms with E-state index in [4.69, 9.17) is 15.9 Å². The Kier molecular flexibility index (Phi) is 13.2. The highest BCUT2D eigenvalue weighted by Gasteiger charge is 2.20. The number of amides is 2. The fourth-order valence-electron chi connectivity index (χ4n) is 1.16. The zero-order valence-corrected chi connectivity index (χ0v) is 13.4. The molecule has 0 heterocycles. The van der Waals surface area contributed by atoms with E-state index in [-0.39, 0.29) is 18.6 Å². The van der Waals surface area contributed by atoms with Crippen LogP contribution in [0.2, 0.25) is 0 Å². The highest BCUT2D eigenvalue weighted by Crippen LogP contribution is 1.97. The molecule has 10 heteroatoms. The van der Waals surface area contributed by atoms with Gasteiger partial charge in [0.1, 0.15) is 18.6 Å². The Balaban J connectivity index is 0. The average molecular weight is 337 g/mol. The molecule has 0 aromatic heterocycles. The molecule has 22 heavy (non-hydrogen) atoms. The molecule has 2 atom stereocenters. The van der Waals surface area contributed by atoms with Crippen LogP contribution in [-0.4, -0.2) is 58.3 Å². The normalized spacial score (nSPS) is 12.2. The average Bonchev–Trinajstić information content (AvgIpc) is 2.49. The van der Waals surface area contributed by atoms with Crippen LogP contribution >= 0.6 is 12.6 Å². The topological polar surface area (TPSA) is 159 Å². The van der Waals surface area contributed by atoms with Gasteiger partial charge in [0.05, 0.1) is 0 Å². The summed E-state index contributed by atoms with van der Waals surface area (Å²) in [5.41, 5.74) is 5.23. The number of nitrogens with two attached hydrogens (primary N) is 1. The first-order valence-corrected chi connectivity index (χ1v) is 7.29. The molecular formula is C12H23N3O6S. The molecule has 0 aliphatic heterocycles. The lowest BCUT2D eigenvalue weighted by molar-refractivity contribution is -0.139. The van der Waals surface area contributed by atoms with Crippen molar-refractivity contribution in [2.45, 2.75) is 38.8 Å². The first-order chi connectivity index (χ1) is 10.3. The Hall–Kier alpha value is -1.81. The van der Waals surface area contributed by atoms with Crippen molar-refractivity contribution in [2.75, 3.05) is 12.3 Å². The minimum Gasteiger partial charge on any atom is -0.480 e. The van der Waals surface area contributed by atoms with Gasteiger partial charge in [-0.05, 0) is 6.42 Å². The number of rotatable bonds is 9. The molecule has 0 aliphatic rings. The van der Waals surface area contributed by atoms with E-state index in [1.807, 2.05) is 13.8 Å². The van der Waals surface area contributed by atoms with Crippen LogP contribution in [-0.2, 0) is 19.2 Å². The van der Waals surface area contributed by atoms with E-state index in [1.54, 1.807) is 0 Å². The van der Waals surface area contributed by atoms with Gasteiger partial charge in [-0.2, -0.15) is 12.6 Å². The van der Waals surface area contributed by atoms with E-state index in [1.165, 1.54) is 0 Å². The lowest BCUT2D eigenvalue weighted by Gasteiger charge is -2.16. The smallest absolute Gasteiger partial charge is 0.322 e. The Labute approximate surface area is 134 Å².